The van der Waals surface area contributed by atoms with Gasteiger partial charge in [0.25, 0.3) is 0 Å². The van der Waals surface area contributed by atoms with Crippen molar-refractivity contribution in [2.45, 2.75) is 31.8 Å². The summed E-state index contributed by atoms with van der Waals surface area (Å²) in [5, 5.41) is 9.64. The Hall–Kier alpha value is -1.75. The Morgan fingerprint density at radius 2 is 2.14 bits per heavy atom. The Kier molecular flexibility index (Phi) is 4.00. The van der Waals surface area contributed by atoms with Gasteiger partial charge in [0.2, 0.25) is 5.91 Å². The number of ether oxygens (including phenoxy) is 1. The Labute approximate surface area is 131 Å². The Morgan fingerprint density at radius 3 is 2.77 bits per heavy atom. The molecule has 0 heterocycles. The summed E-state index contributed by atoms with van der Waals surface area (Å²) >= 11 is 0. The topological polar surface area (TPSA) is 75.8 Å². The highest BCUT2D eigenvalue weighted by Crippen LogP contribution is 2.48. The lowest BCUT2D eigenvalue weighted by atomic mass is 9.84. The van der Waals surface area contributed by atoms with Crippen molar-refractivity contribution in [2.24, 2.45) is 23.5 Å². The standard InChI is InChI=1S/C17H24N2O3/c1-19(9-10-3-6-13(20)14(7-10)22-2)17(21)15-11-4-5-12(8-11)16(15)18/h3,6-7,11-12,15-16,20H,4-5,8-9,18H2,1-2H3. The van der Waals surface area contributed by atoms with E-state index in [1.807, 2.05) is 13.1 Å². The minimum Gasteiger partial charge on any atom is -0.504 e. The molecule has 0 aromatic heterocycles. The lowest BCUT2D eigenvalue weighted by molar-refractivity contribution is -0.137. The monoisotopic (exact) mass is 304 g/mol. The maximum Gasteiger partial charge on any atom is 0.227 e. The molecule has 0 saturated heterocycles. The fraction of sp³-hybridized carbons (Fsp3) is 0.588. The highest BCUT2D eigenvalue weighted by atomic mass is 16.5. The highest BCUT2D eigenvalue weighted by Gasteiger charge is 2.49. The molecule has 2 fully saturated rings. The van der Waals surface area contributed by atoms with Crippen molar-refractivity contribution in [1.82, 2.24) is 4.90 Å². The number of rotatable bonds is 4. The first-order valence-electron chi connectivity index (χ1n) is 7.87. The summed E-state index contributed by atoms with van der Waals surface area (Å²) in [4.78, 5) is 14.5. The van der Waals surface area contributed by atoms with E-state index in [2.05, 4.69) is 0 Å². The van der Waals surface area contributed by atoms with Gasteiger partial charge in [-0.05, 0) is 48.8 Å². The second kappa shape index (κ2) is 5.80. The molecule has 1 aromatic rings. The van der Waals surface area contributed by atoms with Crippen molar-refractivity contribution >= 4 is 5.91 Å². The SMILES string of the molecule is COc1cc(CN(C)C(=O)C2C3CCC(C3)C2N)ccc1O. The van der Waals surface area contributed by atoms with Crippen LogP contribution in [-0.2, 0) is 11.3 Å². The number of nitrogens with two attached hydrogens (primary N) is 1. The third-order valence-corrected chi connectivity index (χ3v) is 5.31. The number of carbonyl (C=O) groups excluding carboxylic acids is 1. The highest BCUT2D eigenvalue weighted by molar-refractivity contribution is 5.80. The minimum absolute atomic E-state index is 0.0167. The van der Waals surface area contributed by atoms with Crippen LogP contribution < -0.4 is 10.5 Å². The number of amides is 1. The maximum absolute atomic E-state index is 12.7. The molecule has 2 aliphatic carbocycles. The van der Waals surface area contributed by atoms with Crippen LogP contribution in [-0.4, -0.2) is 36.1 Å². The number of aromatic hydroxyl groups is 1. The van der Waals surface area contributed by atoms with Crippen LogP contribution in [0.2, 0.25) is 0 Å². The van der Waals surface area contributed by atoms with Gasteiger partial charge in [-0.2, -0.15) is 0 Å². The van der Waals surface area contributed by atoms with Crippen LogP contribution in [0.15, 0.2) is 18.2 Å². The molecular formula is C17H24N2O3. The first-order chi connectivity index (χ1) is 10.5. The first kappa shape index (κ1) is 15.2. The summed E-state index contributed by atoms with van der Waals surface area (Å²) in [5.74, 6) is 1.64. The number of carbonyl (C=O) groups is 1. The van der Waals surface area contributed by atoms with Crippen molar-refractivity contribution in [1.29, 1.82) is 0 Å². The van der Waals surface area contributed by atoms with Gasteiger partial charge >= 0.3 is 0 Å². The summed E-state index contributed by atoms with van der Waals surface area (Å²) in [7, 11) is 3.34. The zero-order valence-corrected chi connectivity index (χ0v) is 13.2. The Balaban J connectivity index is 1.69. The molecule has 2 bridgehead atoms. The molecule has 0 aliphatic heterocycles. The second-order valence-electron chi connectivity index (χ2n) is 6.64. The molecule has 1 amide bonds. The number of methoxy groups -OCH3 is 1. The average molecular weight is 304 g/mol. The van der Waals surface area contributed by atoms with E-state index in [-0.39, 0.29) is 23.6 Å². The number of hydrogen-bond donors (Lipinski definition) is 2. The van der Waals surface area contributed by atoms with Crippen LogP contribution in [0.4, 0.5) is 0 Å². The van der Waals surface area contributed by atoms with E-state index in [4.69, 9.17) is 10.5 Å². The van der Waals surface area contributed by atoms with E-state index in [9.17, 15) is 9.90 Å². The van der Waals surface area contributed by atoms with Crippen molar-refractivity contribution < 1.29 is 14.6 Å². The number of phenolic OH excluding ortho intramolecular Hbond substituents is 1. The van der Waals surface area contributed by atoms with Gasteiger partial charge in [0, 0.05) is 19.6 Å². The summed E-state index contributed by atoms with van der Waals surface area (Å²) in [6.45, 7) is 0.496. The molecule has 5 nitrogen and oxygen atoms in total. The van der Waals surface area contributed by atoms with E-state index >= 15 is 0 Å². The molecule has 3 N–H and O–H groups in total. The van der Waals surface area contributed by atoms with Gasteiger partial charge in [-0.3, -0.25) is 4.79 Å². The summed E-state index contributed by atoms with van der Waals surface area (Å²) in [6, 6.07) is 5.18. The third kappa shape index (κ3) is 2.54. The van der Waals surface area contributed by atoms with Crippen LogP contribution in [0.1, 0.15) is 24.8 Å². The smallest absolute Gasteiger partial charge is 0.227 e. The van der Waals surface area contributed by atoms with E-state index in [0.717, 1.165) is 18.4 Å². The largest absolute Gasteiger partial charge is 0.504 e. The Morgan fingerprint density at radius 1 is 1.41 bits per heavy atom. The molecule has 4 atom stereocenters. The van der Waals surface area contributed by atoms with Crippen LogP contribution >= 0.6 is 0 Å². The van der Waals surface area contributed by atoms with Gasteiger partial charge in [0.15, 0.2) is 11.5 Å². The van der Waals surface area contributed by atoms with Crippen LogP contribution in [0.3, 0.4) is 0 Å². The molecule has 22 heavy (non-hydrogen) atoms. The Bertz CT molecular complexity index is 573. The average Bonchev–Trinajstić information content (AvgIpc) is 3.09. The summed E-state index contributed by atoms with van der Waals surface area (Å²) < 4.78 is 5.11. The predicted molar refractivity (Wildman–Crippen MR) is 83.4 cm³/mol. The van der Waals surface area contributed by atoms with Gasteiger partial charge in [0.1, 0.15) is 0 Å². The molecule has 0 spiro atoms. The first-order valence-corrected chi connectivity index (χ1v) is 7.87. The minimum atomic E-state index is -0.0252. The zero-order valence-electron chi connectivity index (χ0n) is 13.2. The van der Waals surface area contributed by atoms with E-state index < -0.39 is 0 Å². The van der Waals surface area contributed by atoms with Gasteiger partial charge in [-0.15, -0.1) is 0 Å². The molecule has 4 unspecified atom stereocenters. The van der Waals surface area contributed by atoms with E-state index in [1.165, 1.54) is 13.5 Å². The van der Waals surface area contributed by atoms with Crippen molar-refractivity contribution in [3.8, 4) is 11.5 Å². The van der Waals surface area contributed by atoms with Crippen molar-refractivity contribution in [2.75, 3.05) is 14.2 Å². The zero-order chi connectivity index (χ0) is 15.9. The number of nitrogens with zero attached hydrogens (tertiary/aromatic N) is 1. The summed E-state index contributed by atoms with van der Waals surface area (Å²) in [6.07, 6.45) is 3.42. The molecular weight excluding hydrogens is 280 g/mol. The number of phenols is 1. The van der Waals surface area contributed by atoms with Crippen LogP contribution in [0, 0.1) is 17.8 Å². The molecule has 2 saturated carbocycles. The van der Waals surface area contributed by atoms with Gasteiger partial charge in [0.05, 0.1) is 13.0 Å². The maximum atomic E-state index is 12.7. The normalized spacial score (nSPS) is 29.6. The van der Waals surface area contributed by atoms with Crippen LogP contribution in [0.25, 0.3) is 0 Å². The van der Waals surface area contributed by atoms with Crippen LogP contribution in [0.5, 0.6) is 11.5 Å². The van der Waals surface area contributed by atoms with Gasteiger partial charge < -0.3 is 20.5 Å². The number of fused-ring (bicyclic) bond motifs is 2. The lowest BCUT2D eigenvalue weighted by Crippen LogP contribution is -2.45. The fourth-order valence-electron chi connectivity index (χ4n) is 4.13. The molecule has 0 radical (unpaired) electrons. The number of hydrogen-bond acceptors (Lipinski definition) is 4. The van der Waals surface area contributed by atoms with E-state index in [1.54, 1.807) is 17.0 Å². The molecule has 2 aliphatic rings. The second-order valence-corrected chi connectivity index (χ2v) is 6.64. The van der Waals surface area contributed by atoms with Gasteiger partial charge in [-0.25, -0.2) is 0 Å². The fourth-order valence-corrected chi connectivity index (χ4v) is 4.13. The molecule has 1 aromatic carbocycles. The molecule has 120 valence electrons. The van der Waals surface area contributed by atoms with E-state index in [0.29, 0.717) is 24.1 Å². The van der Waals surface area contributed by atoms with Gasteiger partial charge in [-0.1, -0.05) is 6.07 Å². The molecule has 3 rings (SSSR count). The third-order valence-electron chi connectivity index (χ3n) is 5.31. The van der Waals surface area contributed by atoms with Crippen molar-refractivity contribution in [3.05, 3.63) is 23.8 Å². The lowest BCUT2D eigenvalue weighted by Gasteiger charge is -2.31. The quantitative estimate of drug-likeness (QED) is 0.888. The van der Waals surface area contributed by atoms with Crippen molar-refractivity contribution in [3.63, 3.8) is 0 Å². The molecule has 5 heteroatoms. The summed E-state index contributed by atoms with van der Waals surface area (Å²) in [5.41, 5.74) is 7.19. The predicted octanol–water partition coefficient (Wildman–Crippen LogP) is 1.73. The number of benzene rings is 1.